The zero-order valence-corrected chi connectivity index (χ0v) is 7.22. The number of hydrogen-bond acceptors (Lipinski definition) is 0. The second-order valence-corrected chi connectivity index (χ2v) is 4.00. The van der Waals surface area contributed by atoms with Crippen LogP contribution in [0, 0.1) is 11.3 Å². The topological polar surface area (TPSA) is 0 Å². The Bertz CT molecular complexity index is 200. The van der Waals surface area contributed by atoms with Crippen LogP contribution in [0.2, 0.25) is 0 Å². The molecule has 0 aromatic carbocycles. The van der Waals surface area contributed by atoms with E-state index in [1.807, 2.05) is 0 Å². The van der Waals surface area contributed by atoms with Crippen molar-refractivity contribution < 1.29 is 0 Å². The van der Waals surface area contributed by atoms with Crippen LogP contribution in [0.15, 0.2) is 24.3 Å². The van der Waals surface area contributed by atoms with E-state index in [1.165, 1.54) is 25.7 Å². The first-order valence-corrected chi connectivity index (χ1v) is 4.65. The average Bonchev–Trinajstić information content (AvgIpc) is 2.60. The Morgan fingerprint density at radius 2 is 2.55 bits per heavy atom. The van der Waals surface area contributed by atoms with Gasteiger partial charge >= 0.3 is 0 Å². The predicted molar refractivity (Wildman–Crippen MR) is 48.3 cm³/mol. The third-order valence-corrected chi connectivity index (χ3v) is 3.16. The molecule has 11 heavy (non-hydrogen) atoms. The Kier molecular flexibility index (Phi) is 1.63. The molecule has 0 aromatic rings. The predicted octanol–water partition coefficient (Wildman–Crippen LogP) is 3.31. The molecule has 2 bridgehead atoms. The SMILES string of the molecule is CC=CCC12C=CC(CC1)C2. The van der Waals surface area contributed by atoms with Crippen molar-refractivity contribution in [1.29, 1.82) is 0 Å². The number of hydrogen-bond donors (Lipinski definition) is 0. The van der Waals surface area contributed by atoms with Gasteiger partial charge in [-0.15, -0.1) is 0 Å². The highest BCUT2D eigenvalue weighted by Gasteiger charge is 2.39. The maximum Gasteiger partial charge on any atom is -0.00779 e. The minimum Gasteiger partial charge on any atom is -0.0916 e. The van der Waals surface area contributed by atoms with Gasteiger partial charge in [-0.2, -0.15) is 0 Å². The Morgan fingerprint density at radius 1 is 1.64 bits per heavy atom. The molecule has 0 radical (unpaired) electrons. The molecule has 0 aromatic heterocycles. The Balaban J connectivity index is 2.06. The van der Waals surface area contributed by atoms with Crippen molar-refractivity contribution in [2.24, 2.45) is 11.3 Å². The van der Waals surface area contributed by atoms with E-state index in [0.29, 0.717) is 5.41 Å². The van der Waals surface area contributed by atoms with Crippen molar-refractivity contribution in [3.63, 3.8) is 0 Å². The highest BCUT2D eigenvalue weighted by atomic mass is 14.4. The van der Waals surface area contributed by atoms with E-state index >= 15 is 0 Å². The van der Waals surface area contributed by atoms with Crippen LogP contribution in [0.5, 0.6) is 0 Å². The molecule has 2 aliphatic rings. The lowest BCUT2D eigenvalue weighted by molar-refractivity contribution is 0.409. The fraction of sp³-hybridized carbons (Fsp3) is 0.636. The van der Waals surface area contributed by atoms with Gasteiger partial charge in [-0.05, 0) is 43.9 Å². The largest absolute Gasteiger partial charge is 0.0916 e. The van der Waals surface area contributed by atoms with Crippen molar-refractivity contribution in [2.45, 2.75) is 32.6 Å². The normalized spacial score (nSPS) is 41.0. The molecular weight excluding hydrogens is 132 g/mol. The summed E-state index contributed by atoms with van der Waals surface area (Å²) in [6.07, 6.45) is 14.9. The maximum absolute atomic E-state index is 2.46. The molecule has 0 spiro atoms. The average molecular weight is 148 g/mol. The molecule has 0 nitrogen and oxygen atoms in total. The van der Waals surface area contributed by atoms with Crippen LogP contribution in [0.3, 0.4) is 0 Å². The molecular formula is C11H16. The molecule has 0 amide bonds. The smallest absolute Gasteiger partial charge is 0.00779 e. The molecule has 2 unspecified atom stereocenters. The fourth-order valence-electron chi connectivity index (χ4n) is 2.46. The van der Waals surface area contributed by atoms with Crippen LogP contribution >= 0.6 is 0 Å². The van der Waals surface area contributed by atoms with Gasteiger partial charge in [0.2, 0.25) is 0 Å². The van der Waals surface area contributed by atoms with Crippen molar-refractivity contribution in [1.82, 2.24) is 0 Å². The monoisotopic (exact) mass is 148 g/mol. The van der Waals surface area contributed by atoms with Gasteiger partial charge in [0, 0.05) is 0 Å². The fourth-order valence-corrected chi connectivity index (χ4v) is 2.46. The molecule has 0 saturated heterocycles. The minimum absolute atomic E-state index is 0.594. The van der Waals surface area contributed by atoms with Gasteiger partial charge in [-0.25, -0.2) is 0 Å². The molecule has 2 atom stereocenters. The highest BCUT2D eigenvalue weighted by Crippen LogP contribution is 2.51. The quantitative estimate of drug-likeness (QED) is 0.527. The molecule has 1 fully saturated rings. The first-order valence-electron chi connectivity index (χ1n) is 4.65. The van der Waals surface area contributed by atoms with Gasteiger partial charge in [0.25, 0.3) is 0 Å². The van der Waals surface area contributed by atoms with E-state index in [9.17, 15) is 0 Å². The van der Waals surface area contributed by atoms with Crippen molar-refractivity contribution in [2.75, 3.05) is 0 Å². The zero-order chi connectivity index (χ0) is 7.73. The molecule has 0 aliphatic heterocycles. The van der Waals surface area contributed by atoms with Crippen molar-refractivity contribution in [3.8, 4) is 0 Å². The maximum atomic E-state index is 2.46. The van der Waals surface area contributed by atoms with Crippen LogP contribution in [0.1, 0.15) is 32.6 Å². The summed E-state index contributed by atoms with van der Waals surface area (Å²) in [5.41, 5.74) is 0.594. The zero-order valence-electron chi connectivity index (χ0n) is 7.22. The Hall–Kier alpha value is -0.520. The standard InChI is InChI=1S/C11H16/c1-2-3-6-11-7-4-10(9-11)5-8-11/h2-4,7,10H,5-6,8-9H2,1H3. The first-order chi connectivity index (χ1) is 5.35. The Labute approximate surface area is 69.0 Å². The number of rotatable bonds is 2. The summed E-state index contributed by atoms with van der Waals surface area (Å²) in [5, 5.41) is 0. The second-order valence-electron chi connectivity index (χ2n) is 4.00. The Morgan fingerprint density at radius 3 is 3.00 bits per heavy atom. The molecule has 0 heterocycles. The van der Waals surface area contributed by atoms with E-state index in [0.717, 1.165) is 5.92 Å². The third kappa shape index (κ3) is 1.15. The molecule has 0 heteroatoms. The van der Waals surface area contributed by atoms with Crippen molar-refractivity contribution >= 4 is 0 Å². The van der Waals surface area contributed by atoms with E-state index in [2.05, 4.69) is 31.2 Å². The second kappa shape index (κ2) is 2.51. The van der Waals surface area contributed by atoms with Crippen molar-refractivity contribution in [3.05, 3.63) is 24.3 Å². The lowest BCUT2D eigenvalue weighted by Crippen LogP contribution is -2.09. The summed E-state index contributed by atoms with van der Waals surface area (Å²) in [7, 11) is 0. The van der Waals surface area contributed by atoms with E-state index in [1.54, 1.807) is 0 Å². The van der Waals surface area contributed by atoms with E-state index in [-0.39, 0.29) is 0 Å². The molecule has 60 valence electrons. The number of allylic oxidation sites excluding steroid dienone is 4. The summed E-state index contributed by atoms with van der Waals surface area (Å²) in [6, 6.07) is 0. The summed E-state index contributed by atoms with van der Waals surface area (Å²) >= 11 is 0. The van der Waals surface area contributed by atoms with E-state index in [4.69, 9.17) is 0 Å². The highest BCUT2D eigenvalue weighted by molar-refractivity contribution is 5.17. The summed E-state index contributed by atoms with van der Waals surface area (Å²) in [5.74, 6) is 0.931. The van der Waals surface area contributed by atoms with Crippen LogP contribution in [0.25, 0.3) is 0 Å². The lowest BCUT2D eigenvalue weighted by atomic mass is 9.84. The number of fused-ring (bicyclic) bond motifs is 2. The summed E-state index contributed by atoms with van der Waals surface area (Å²) < 4.78 is 0. The minimum atomic E-state index is 0.594. The van der Waals surface area contributed by atoms with Crippen LogP contribution in [-0.2, 0) is 0 Å². The third-order valence-electron chi connectivity index (χ3n) is 3.16. The molecule has 1 saturated carbocycles. The van der Waals surface area contributed by atoms with Gasteiger partial charge in [0.05, 0.1) is 0 Å². The summed E-state index contributed by atoms with van der Waals surface area (Å²) in [6.45, 7) is 2.11. The van der Waals surface area contributed by atoms with Gasteiger partial charge < -0.3 is 0 Å². The lowest BCUT2D eigenvalue weighted by Gasteiger charge is -2.20. The summed E-state index contributed by atoms with van der Waals surface area (Å²) in [4.78, 5) is 0. The molecule has 2 aliphatic carbocycles. The van der Waals surface area contributed by atoms with E-state index < -0.39 is 0 Å². The molecule has 2 rings (SSSR count). The first kappa shape index (κ1) is 7.15. The van der Waals surface area contributed by atoms with Gasteiger partial charge in [-0.1, -0.05) is 24.3 Å². The van der Waals surface area contributed by atoms with Gasteiger partial charge in [0.1, 0.15) is 0 Å². The van der Waals surface area contributed by atoms with Crippen LogP contribution in [-0.4, -0.2) is 0 Å². The van der Waals surface area contributed by atoms with Crippen LogP contribution < -0.4 is 0 Å². The van der Waals surface area contributed by atoms with Gasteiger partial charge in [-0.3, -0.25) is 0 Å². The molecule has 0 N–H and O–H groups in total. The van der Waals surface area contributed by atoms with Crippen LogP contribution in [0.4, 0.5) is 0 Å². The van der Waals surface area contributed by atoms with Gasteiger partial charge in [0.15, 0.2) is 0 Å².